The van der Waals surface area contributed by atoms with E-state index in [0.29, 0.717) is 69.5 Å². The molecular formula is C49H47N13O9S6. The maximum atomic E-state index is 14.2. The Balaban J connectivity index is 1.12. The number of carbonyl (C=O) groups excluding carboxylic acids is 6. The summed E-state index contributed by atoms with van der Waals surface area (Å²) in [4.78, 5) is 117. The number of pyridine rings is 1. The van der Waals surface area contributed by atoms with Crippen LogP contribution in [0.5, 0.6) is 0 Å². The highest BCUT2D eigenvalue weighted by Crippen LogP contribution is 2.40. The van der Waals surface area contributed by atoms with Gasteiger partial charge in [-0.2, -0.15) is 0 Å². The smallest absolute Gasteiger partial charge is 0.415 e. The minimum atomic E-state index is -1.27. The fourth-order valence-corrected chi connectivity index (χ4v) is 12.7. The second-order valence-electron chi connectivity index (χ2n) is 17.9. The first kappa shape index (κ1) is 54.5. The molecule has 3 atom stereocenters. The molecule has 1 aliphatic rings. The number of thiazole rings is 6. The van der Waals surface area contributed by atoms with Gasteiger partial charge >= 0.3 is 6.09 Å². The lowest BCUT2D eigenvalue weighted by Gasteiger charge is -2.23. The maximum Gasteiger partial charge on any atom is 0.415 e. The van der Waals surface area contributed by atoms with E-state index >= 15 is 0 Å². The number of rotatable bonds is 8. The number of fused-ring (bicyclic) bond motifs is 14. The minimum absolute atomic E-state index is 0.00581. The van der Waals surface area contributed by atoms with Gasteiger partial charge in [0, 0.05) is 53.2 Å². The van der Waals surface area contributed by atoms with Crippen LogP contribution in [0, 0.1) is 6.92 Å². The Hall–Kier alpha value is -7.31. The summed E-state index contributed by atoms with van der Waals surface area (Å²) in [5, 5.41) is 34.3. The molecule has 9 rings (SSSR count). The van der Waals surface area contributed by atoms with Crippen molar-refractivity contribution in [3.05, 3.63) is 106 Å². The Morgan fingerprint density at radius 2 is 1.48 bits per heavy atom. The number of anilines is 2. The van der Waals surface area contributed by atoms with Gasteiger partial charge in [0.05, 0.1) is 36.2 Å². The van der Waals surface area contributed by atoms with Gasteiger partial charge in [0.15, 0.2) is 5.13 Å². The first-order valence-corrected chi connectivity index (χ1v) is 28.4. The molecule has 0 spiro atoms. The number of hydrogen-bond acceptors (Lipinski definition) is 22. The average Bonchev–Trinajstić information content (AvgIpc) is 4.30. The standard InChI is InChI=1S/C49H47N13O9S6/c1-22-34-41(68)61-47-60-36(30(77-47)17-70-7)40(67)51-16-33(64)58-37(38(65)23-11-9-8-10-12-23)46-56-29(20-74-46)44-54-27(18-73-44)35-24(13-14-25(52-35)43-57-31(21-75-43)62(6)48(69)71-49(2,3)4)42-55-28(19-72-42)39(66)53-26(15-32(63)50-5)45(59-34)76-22/h8-14,18-21,26,37-38,65H,15-17H2,1-7H3,(H,50,63)(H,51,67)(H,53,66)(H,58,64)(H,60,61,68)/t26-,37-,38-/m0/s1. The summed E-state index contributed by atoms with van der Waals surface area (Å²) < 4.78 is 10.9. The third-order valence-corrected chi connectivity index (χ3v) is 16.8. The minimum Gasteiger partial charge on any atom is -0.443 e. The molecule has 8 aromatic rings. The first-order chi connectivity index (χ1) is 36.9. The quantitative estimate of drug-likeness (QED) is 0.0845. The van der Waals surface area contributed by atoms with Crippen molar-refractivity contribution >= 4 is 115 Å². The van der Waals surface area contributed by atoms with E-state index in [1.165, 1.54) is 64.4 Å². The number of aliphatic hydroxyl groups excluding tert-OH is 1. The molecule has 22 nitrogen and oxygen atoms in total. The number of nitrogens with one attached hydrogen (secondary N) is 5. The van der Waals surface area contributed by atoms with E-state index < -0.39 is 66.0 Å². The molecule has 0 saturated carbocycles. The number of amides is 6. The van der Waals surface area contributed by atoms with Gasteiger partial charge in [0.2, 0.25) is 11.8 Å². The lowest BCUT2D eigenvalue weighted by atomic mass is 10.0. The highest BCUT2D eigenvalue weighted by molar-refractivity contribution is 7.16. The topological polar surface area (TPSA) is 295 Å². The Bertz CT molecular complexity index is 3520. The molecule has 0 saturated heterocycles. The molecule has 0 fully saturated rings. The molecule has 28 heteroatoms. The molecule has 398 valence electrons. The number of benzene rings is 1. The van der Waals surface area contributed by atoms with Crippen molar-refractivity contribution in [1.82, 2.24) is 56.2 Å². The van der Waals surface area contributed by atoms with Crippen LogP contribution >= 0.6 is 68.0 Å². The zero-order valence-electron chi connectivity index (χ0n) is 41.9. The molecule has 7 aromatic heterocycles. The summed E-state index contributed by atoms with van der Waals surface area (Å²) in [5.41, 5.74) is 1.90. The van der Waals surface area contributed by atoms with E-state index in [-0.39, 0.29) is 40.2 Å². The molecule has 6 N–H and O–H groups in total. The van der Waals surface area contributed by atoms with Crippen molar-refractivity contribution in [2.75, 3.05) is 38.0 Å². The van der Waals surface area contributed by atoms with E-state index in [2.05, 4.69) is 36.6 Å². The molecule has 6 amide bonds. The second-order valence-corrected chi connectivity index (χ2v) is 23.7. The van der Waals surface area contributed by atoms with E-state index in [4.69, 9.17) is 34.4 Å². The van der Waals surface area contributed by atoms with Crippen molar-refractivity contribution in [3.63, 3.8) is 0 Å². The van der Waals surface area contributed by atoms with Crippen LogP contribution < -0.4 is 31.5 Å². The Morgan fingerprint density at radius 3 is 2.23 bits per heavy atom. The summed E-state index contributed by atoms with van der Waals surface area (Å²) >= 11 is 7.00. The number of methoxy groups -OCH3 is 1. The third kappa shape index (κ3) is 12.4. The van der Waals surface area contributed by atoms with Gasteiger partial charge < -0.3 is 35.8 Å². The van der Waals surface area contributed by atoms with E-state index in [1.807, 2.05) is 0 Å². The Labute approximate surface area is 463 Å². The van der Waals surface area contributed by atoms with Gasteiger partial charge in [-0.3, -0.25) is 34.2 Å². The second kappa shape index (κ2) is 23.1. The number of aryl methyl sites for hydroxylation is 1. The van der Waals surface area contributed by atoms with Crippen LogP contribution in [0.4, 0.5) is 15.7 Å². The molecule has 77 heavy (non-hydrogen) atoms. The number of aromatic nitrogens is 7. The van der Waals surface area contributed by atoms with Crippen molar-refractivity contribution < 1.29 is 43.3 Å². The van der Waals surface area contributed by atoms with Gasteiger partial charge in [0.25, 0.3) is 17.7 Å². The predicted molar refractivity (Wildman–Crippen MR) is 294 cm³/mol. The van der Waals surface area contributed by atoms with Gasteiger partial charge in [-0.15, -0.1) is 56.7 Å². The van der Waals surface area contributed by atoms with Gasteiger partial charge in [-0.25, -0.2) is 39.7 Å². The van der Waals surface area contributed by atoms with Crippen LogP contribution in [0.25, 0.3) is 43.4 Å². The zero-order chi connectivity index (χ0) is 54.7. The highest BCUT2D eigenvalue weighted by atomic mass is 32.1. The maximum absolute atomic E-state index is 14.2. The molecule has 8 heterocycles. The SMILES string of the molecule is CNC(=O)C[C@@H]1NC(=O)c2csc(n2)-c2ccc(-c3nc(N(C)C(=O)OC(C)(C)C)cs3)nc2-c2csc(n2)-c2csc(n2)[C@H]([C@@H](O)c2ccccc2)NC(=O)CNC(=O)c2nc(sc2COC)NC(=O)c2nc1sc2C. The molecule has 1 aromatic carbocycles. The number of ether oxygens (including phenoxy) is 2. The van der Waals surface area contributed by atoms with Gasteiger partial charge in [-0.05, 0) is 45.4 Å². The monoisotopic (exact) mass is 1150 g/mol. The summed E-state index contributed by atoms with van der Waals surface area (Å²) in [7, 11) is 4.46. The summed E-state index contributed by atoms with van der Waals surface area (Å²) in [5.74, 6) is -2.73. The van der Waals surface area contributed by atoms with Crippen molar-refractivity contribution in [2.24, 2.45) is 0 Å². The Kier molecular flexibility index (Phi) is 16.4. The fraction of sp³-hybridized carbons (Fsp3) is 0.286. The highest BCUT2D eigenvalue weighted by Gasteiger charge is 2.32. The molecule has 0 aliphatic carbocycles. The molecule has 0 unspecified atom stereocenters. The lowest BCUT2D eigenvalue weighted by molar-refractivity contribution is -0.122. The van der Waals surface area contributed by atoms with Crippen LogP contribution in [-0.2, 0) is 25.7 Å². The molecular weight excluding hydrogens is 1110 g/mol. The summed E-state index contributed by atoms with van der Waals surface area (Å²) in [6, 6.07) is 10.2. The van der Waals surface area contributed by atoms with Crippen molar-refractivity contribution in [3.8, 4) is 43.4 Å². The van der Waals surface area contributed by atoms with Crippen LogP contribution in [0.3, 0.4) is 0 Å². The normalized spacial score (nSPS) is 15.7. The van der Waals surface area contributed by atoms with Crippen LogP contribution in [0.15, 0.2) is 64.0 Å². The van der Waals surface area contributed by atoms with E-state index in [0.717, 1.165) is 22.7 Å². The van der Waals surface area contributed by atoms with Crippen LogP contribution in [0.1, 0.15) is 102 Å². The largest absolute Gasteiger partial charge is 0.443 e. The fourth-order valence-electron chi connectivity index (χ4n) is 7.49. The predicted octanol–water partition coefficient (Wildman–Crippen LogP) is 7.81. The summed E-state index contributed by atoms with van der Waals surface area (Å²) in [6.07, 6.45) is -2.08. The summed E-state index contributed by atoms with van der Waals surface area (Å²) in [6.45, 7) is 6.42. The Morgan fingerprint density at radius 1 is 0.766 bits per heavy atom. The van der Waals surface area contributed by atoms with E-state index in [9.17, 15) is 33.9 Å². The van der Waals surface area contributed by atoms with Crippen LogP contribution in [0.2, 0.25) is 0 Å². The number of nitrogens with zero attached hydrogens (tertiary/aromatic N) is 8. The first-order valence-electron chi connectivity index (χ1n) is 23.3. The third-order valence-electron chi connectivity index (χ3n) is 11.2. The van der Waals surface area contributed by atoms with Gasteiger partial charge in [0.1, 0.15) is 82.8 Å². The van der Waals surface area contributed by atoms with Gasteiger partial charge in [-0.1, -0.05) is 41.7 Å². The number of hydrogen-bond donors (Lipinski definition) is 6. The molecule has 0 radical (unpaired) electrons. The lowest BCUT2D eigenvalue weighted by Crippen LogP contribution is -2.40. The van der Waals surface area contributed by atoms with Crippen molar-refractivity contribution in [1.29, 1.82) is 0 Å². The molecule has 1 aliphatic heterocycles. The van der Waals surface area contributed by atoms with E-state index in [1.54, 1.807) is 98.7 Å². The van der Waals surface area contributed by atoms with Crippen molar-refractivity contribution in [2.45, 2.75) is 64.5 Å². The number of aliphatic hydroxyl groups is 1. The zero-order valence-corrected chi connectivity index (χ0v) is 46.8. The molecule has 10 bridgehead atoms. The van der Waals surface area contributed by atoms with Crippen LogP contribution in [-0.4, -0.2) is 109 Å². The number of carbonyl (C=O) groups is 6. The average molecular weight is 1150 g/mol.